The van der Waals surface area contributed by atoms with Gasteiger partial charge in [0.2, 0.25) is 5.91 Å². The summed E-state index contributed by atoms with van der Waals surface area (Å²) in [6, 6.07) is 23.7. The Labute approximate surface area is 189 Å². The van der Waals surface area contributed by atoms with Gasteiger partial charge in [-0.2, -0.15) is 0 Å². The lowest BCUT2D eigenvalue weighted by Crippen LogP contribution is -2.24. The predicted octanol–water partition coefficient (Wildman–Crippen LogP) is 4.80. The van der Waals surface area contributed by atoms with E-state index in [9.17, 15) is 9.59 Å². The summed E-state index contributed by atoms with van der Waals surface area (Å²) in [6.45, 7) is 4.33. The summed E-state index contributed by atoms with van der Waals surface area (Å²) in [7, 11) is 0. The number of hydrogen-bond acceptors (Lipinski definition) is 3. The molecule has 0 unspecified atom stereocenters. The average Bonchev–Trinajstić information content (AvgIpc) is 3.23. The molecule has 1 N–H and O–H groups in total. The van der Waals surface area contributed by atoms with E-state index in [1.54, 1.807) is 6.07 Å². The zero-order valence-corrected chi connectivity index (χ0v) is 18.3. The first kappa shape index (κ1) is 21.6. The van der Waals surface area contributed by atoms with Gasteiger partial charge < -0.3 is 15.0 Å². The van der Waals surface area contributed by atoms with Crippen molar-refractivity contribution < 1.29 is 14.3 Å². The van der Waals surface area contributed by atoms with Crippen molar-refractivity contribution in [3.63, 3.8) is 0 Å². The van der Waals surface area contributed by atoms with Gasteiger partial charge in [-0.25, -0.2) is 0 Å². The smallest absolute Gasteiger partial charge is 0.255 e. The van der Waals surface area contributed by atoms with Gasteiger partial charge in [0, 0.05) is 26.1 Å². The minimum absolute atomic E-state index is 0.158. The van der Waals surface area contributed by atoms with Crippen molar-refractivity contribution in [1.82, 2.24) is 10.2 Å². The van der Waals surface area contributed by atoms with Crippen molar-refractivity contribution in [2.24, 2.45) is 0 Å². The van der Waals surface area contributed by atoms with E-state index in [0.717, 1.165) is 35.2 Å². The minimum atomic E-state index is -0.158. The summed E-state index contributed by atoms with van der Waals surface area (Å²) in [5, 5.41) is 3.03. The van der Waals surface area contributed by atoms with E-state index in [0.29, 0.717) is 37.4 Å². The quantitative estimate of drug-likeness (QED) is 0.560. The molecule has 164 valence electrons. The lowest BCUT2D eigenvalue weighted by Gasteiger charge is -2.16. The van der Waals surface area contributed by atoms with E-state index in [4.69, 9.17) is 4.74 Å². The van der Waals surface area contributed by atoms with Gasteiger partial charge in [-0.15, -0.1) is 0 Å². The molecule has 1 saturated heterocycles. The largest absolute Gasteiger partial charge is 0.493 e. The number of hydrogen-bond donors (Lipinski definition) is 1. The summed E-state index contributed by atoms with van der Waals surface area (Å²) in [4.78, 5) is 26.6. The minimum Gasteiger partial charge on any atom is -0.493 e. The average molecular weight is 429 g/mol. The van der Waals surface area contributed by atoms with Crippen LogP contribution in [0.4, 0.5) is 0 Å². The first-order chi connectivity index (χ1) is 15.7. The molecule has 0 aromatic heterocycles. The monoisotopic (exact) mass is 428 g/mol. The van der Waals surface area contributed by atoms with Crippen LogP contribution in [0, 0.1) is 0 Å². The molecule has 1 fully saturated rings. The van der Waals surface area contributed by atoms with E-state index in [1.807, 2.05) is 48.2 Å². The maximum Gasteiger partial charge on any atom is 0.255 e. The second-order valence-corrected chi connectivity index (χ2v) is 7.88. The molecule has 1 aliphatic heterocycles. The Kier molecular flexibility index (Phi) is 6.85. The topological polar surface area (TPSA) is 58.6 Å². The molecular weight excluding hydrogens is 400 g/mol. The Balaban J connectivity index is 1.46. The van der Waals surface area contributed by atoms with Crippen molar-refractivity contribution in [2.45, 2.75) is 32.9 Å². The molecule has 5 heteroatoms. The Bertz CT molecular complexity index is 1090. The molecule has 32 heavy (non-hydrogen) atoms. The predicted molar refractivity (Wildman–Crippen MR) is 125 cm³/mol. The molecule has 0 spiro atoms. The van der Waals surface area contributed by atoms with Gasteiger partial charge in [-0.1, -0.05) is 60.7 Å². The third kappa shape index (κ3) is 4.99. The molecule has 4 rings (SSSR count). The number of carbonyl (C=O) groups is 2. The second-order valence-electron chi connectivity index (χ2n) is 7.88. The van der Waals surface area contributed by atoms with Crippen LogP contribution >= 0.6 is 0 Å². The zero-order chi connectivity index (χ0) is 22.3. The number of benzene rings is 3. The number of ether oxygens (including phenoxy) is 1. The highest BCUT2D eigenvalue weighted by Crippen LogP contribution is 2.25. The summed E-state index contributed by atoms with van der Waals surface area (Å²) < 4.78 is 5.58. The Morgan fingerprint density at radius 2 is 1.75 bits per heavy atom. The molecule has 3 aromatic rings. The second kappa shape index (κ2) is 10.1. The van der Waals surface area contributed by atoms with Crippen LogP contribution in [0.1, 0.15) is 41.3 Å². The number of carbonyl (C=O) groups excluding carboxylic acids is 2. The molecule has 0 atom stereocenters. The number of likely N-dealkylation sites (tertiary alicyclic amines) is 1. The number of rotatable bonds is 8. The highest BCUT2D eigenvalue weighted by molar-refractivity contribution is 5.97. The fourth-order valence-electron chi connectivity index (χ4n) is 4.04. The highest BCUT2D eigenvalue weighted by atomic mass is 16.5. The van der Waals surface area contributed by atoms with E-state index in [-0.39, 0.29) is 11.8 Å². The van der Waals surface area contributed by atoms with Gasteiger partial charge in [-0.3, -0.25) is 9.59 Å². The molecule has 5 nitrogen and oxygen atoms in total. The van der Waals surface area contributed by atoms with Crippen LogP contribution in [0.2, 0.25) is 0 Å². The number of amides is 2. The number of para-hydroxylation sites is 1. The molecule has 2 amide bonds. The fraction of sp³-hybridized carbons (Fsp3) is 0.259. The first-order valence-electron chi connectivity index (χ1n) is 11.1. The van der Waals surface area contributed by atoms with Gasteiger partial charge >= 0.3 is 0 Å². The summed E-state index contributed by atoms with van der Waals surface area (Å²) >= 11 is 0. The van der Waals surface area contributed by atoms with Gasteiger partial charge in [0.1, 0.15) is 5.75 Å². The van der Waals surface area contributed by atoms with Crippen LogP contribution in [-0.4, -0.2) is 29.9 Å². The van der Waals surface area contributed by atoms with Crippen LogP contribution in [0.25, 0.3) is 11.1 Å². The molecule has 1 aliphatic rings. The van der Waals surface area contributed by atoms with Gasteiger partial charge in [0.15, 0.2) is 0 Å². The lowest BCUT2D eigenvalue weighted by molar-refractivity contribution is -0.128. The molecule has 0 bridgehead atoms. The van der Waals surface area contributed by atoms with Crippen molar-refractivity contribution in [3.8, 4) is 16.9 Å². The van der Waals surface area contributed by atoms with E-state index >= 15 is 0 Å². The summed E-state index contributed by atoms with van der Waals surface area (Å²) in [6.07, 6.45) is 1.61. The van der Waals surface area contributed by atoms with Gasteiger partial charge in [0.05, 0.1) is 12.2 Å². The number of nitrogens with one attached hydrogen (secondary N) is 1. The maximum absolute atomic E-state index is 12.8. The van der Waals surface area contributed by atoms with Gasteiger partial charge in [0.25, 0.3) is 5.91 Å². The molecule has 0 aliphatic carbocycles. The normalized spacial score (nSPS) is 13.3. The van der Waals surface area contributed by atoms with Crippen molar-refractivity contribution in [1.29, 1.82) is 0 Å². The van der Waals surface area contributed by atoms with E-state index < -0.39 is 0 Å². The molecule has 3 aromatic carbocycles. The maximum atomic E-state index is 12.8. The zero-order valence-electron chi connectivity index (χ0n) is 18.3. The Morgan fingerprint density at radius 3 is 2.50 bits per heavy atom. The van der Waals surface area contributed by atoms with Crippen LogP contribution in [0.5, 0.6) is 5.75 Å². The summed E-state index contributed by atoms with van der Waals surface area (Å²) in [5.41, 5.74) is 4.86. The van der Waals surface area contributed by atoms with Crippen molar-refractivity contribution in [2.75, 3.05) is 13.2 Å². The Morgan fingerprint density at radius 1 is 1.00 bits per heavy atom. The molecule has 1 heterocycles. The fourth-order valence-corrected chi connectivity index (χ4v) is 4.04. The lowest BCUT2D eigenvalue weighted by atomic mass is 9.98. The van der Waals surface area contributed by atoms with Gasteiger partial charge in [-0.05, 0) is 47.7 Å². The van der Waals surface area contributed by atoms with E-state index in [1.165, 1.54) is 0 Å². The van der Waals surface area contributed by atoms with Crippen LogP contribution in [0.3, 0.4) is 0 Å². The van der Waals surface area contributed by atoms with Crippen molar-refractivity contribution >= 4 is 11.8 Å². The third-order valence-corrected chi connectivity index (χ3v) is 5.70. The van der Waals surface area contributed by atoms with Crippen LogP contribution in [0.15, 0.2) is 72.8 Å². The van der Waals surface area contributed by atoms with E-state index in [2.05, 4.69) is 35.6 Å². The molecule has 0 radical (unpaired) electrons. The SMILES string of the molecule is CCOc1ccccc1C(=O)NCc1ccccc1-c1ccc(CN2CCCC2=O)cc1. The first-order valence-corrected chi connectivity index (χ1v) is 11.1. The molecular formula is C27H28N2O3. The van der Waals surface area contributed by atoms with Crippen LogP contribution < -0.4 is 10.1 Å². The standard InChI is InChI=1S/C27H28N2O3/c1-2-32-25-11-6-5-10-24(25)27(31)28-18-22-8-3-4-9-23(22)21-15-13-20(14-16-21)19-29-17-7-12-26(29)30/h3-6,8-11,13-16H,2,7,12,17-19H2,1H3,(H,28,31). The molecule has 0 saturated carbocycles. The van der Waals surface area contributed by atoms with Crippen LogP contribution in [-0.2, 0) is 17.9 Å². The third-order valence-electron chi connectivity index (χ3n) is 5.70. The number of nitrogens with zero attached hydrogens (tertiary/aromatic N) is 1. The Hall–Kier alpha value is -3.60. The highest BCUT2D eigenvalue weighted by Gasteiger charge is 2.20. The van der Waals surface area contributed by atoms with Crippen molar-refractivity contribution in [3.05, 3.63) is 89.5 Å². The summed E-state index contributed by atoms with van der Waals surface area (Å²) in [5.74, 6) is 0.670.